The number of hydrogen-bond donors (Lipinski definition) is 1. The minimum Gasteiger partial charge on any atom is -0.310 e. The van der Waals surface area contributed by atoms with Crippen molar-refractivity contribution in [1.82, 2.24) is 10.3 Å². The molecule has 0 saturated carbocycles. The first-order chi connectivity index (χ1) is 7.35. The van der Waals surface area contributed by atoms with Gasteiger partial charge in [0, 0.05) is 12.2 Å². The van der Waals surface area contributed by atoms with E-state index in [4.69, 9.17) is 0 Å². The van der Waals surface area contributed by atoms with Crippen molar-refractivity contribution in [1.29, 1.82) is 0 Å². The van der Waals surface area contributed by atoms with E-state index in [1.807, 2.05) is 6.20 Å². The highest BCUT2D eigenvalue weighted by atomic mass is 32.1. The summed E-state index contributed by atoms with van der Waals surface area (Å²) in [6.45, 7) is 5.34. The summed E-state index contributed by atoms with van der Waals surface area (Å²) in [6, 6.07) is 4.76. The molecule has 1 atom stereocenters. The molecule has 2 nitrogen and oxygen atoms in total. The minimum atomic E-state index is 0.439. The quantitative estimate of drug-likeness (QED) is 0.854. The van der Waals surface area contributed by atoms with Gasteiger partial charge in [0.15, 0.2) is 0 Å². The molecule has 15 heavy (non-hydrogen) atoms. The van der Waals surface area contributed by atoms with Gasteiger partial charge in [-0.05, 0) is 36.0 Å². The second-order valence-electron chi connectivity index (χ2n) is 3.59. The Morgan fingerprint density at radius 1 is 1.47 bits per heavy atom. The lowest BCUT2D eigenvalue weighted by Gasteiger charge is -2.15. The van der Waals surface area contributed by atoms with Crippen LogP contribution in [0.4, 0.5) is 0 Å². The summed E-state index contributed by atoms with van der Waals surface area (Å²) >= 11 is 1.76. The molecule has 0 aliphatic rings. The van der Waals surface area contributed by atoms with Crippen LogP contribution >= 0.6 is 11.3 Å². The van der Waals surface area contributed by atoms with E-state index in [-0.39, 0.29) is 0 Å². The first kappa shape index (κ1) is 10.6. The second kappa shape index (κ2) is 4.73. The molecule has 0 aliphatic heterocycles. The summed E-state index contributed by atoms with van der Waals surface area (Å²) in [4.78, 5) is 4.46. The van der Waals surface area contributed by atoms with Crippen LogP contribution in [0.15, 0.2) is 23.7 Å². The molecular weight excluding hydrogens is 204 g/mol. The second-order valence-corrected chi connectivity index (χ2v) is 4.54. The largest absolute Gasteiger partial charge is 0.310 e. The van der Waals surface area contributed by atoms with E-state index in [1.165, 1.54) is 10.3 Å². The van der Waals surface area contributed by atoms with Gasteiger partial charge in [0.1, 0.15) is 0 Å². The van der Waals surface area contributed by atoms with Crippen molar-refractivity contribution in [2.75, 3.05) is 6.54 Å². The van der Waals surface area contributed by atoms with Crippen molar-refractivity contribution in [2.24, 2.45) is 0 Å². The van der Waals surface area contributed by atoms with Gasteiger partial charge in [-0.25, -0.2) is 0 Å². The number of pyridine rings is 1. The molecule has 0 radical (unpaired) electrons. The molecule has 0 aromatic carbocycles. The van der Waals surface area contributed by atoms with Crippen molar-refractivity contribution in [3.8, 4) is 0 Å². The number of hydrogen-bond acceptors (Lipinski definition) is 3. The van der Waals surface area contributed by atoms with Crippen LogP contribution in [0.5, 0.6) is 0 Å². The Kier molecular flexibility index (Phi) is 3.34. The highest BCUT2D eigenvalue weighted by Crippen LogP contribution is 2.23. The van der Waals surface area contributed by atoms with Crippen LogP contribution < -0.4 is 5.32 Å². The summed E-state index contributed by atoms with van der Waals surface area (Å²) in [5, 5.41) is 5.56. The van der Waals surface area contributed by atoms with Crippen LogP contribution in [-0.2, 0) is 0 Å². The molecule has 1 N–H and O–H groups in total. The Bertz CT molecular complexity index is 436. The maximum absolute atomic E-state index is 4.46. The van der Waals surface area contributed by atoms with Gasteiger partial charge in [-0.1, -0.05) is 13.8 Å². The van der Waals surface area contributed by atoms with Crippen LogP contribution in [-0.4, -0.2) is 11.5 Å². The Morgan fingerprint density at radius 3 is 3.07 bits per heavy atom. The van der Waals surface area contributed by atoms with E-state index in [9.17, 15) is 0 Å². The topological polar surface area (TPSA) is 24.9 Å². The smallest absolute Gasteiger partial charge is 0.0809 e. The molecule has 0 amide bonds. The molecule has 0 aliphatic carbocycles. The van der Waals surface area contributed by atoms with Gasteiger partial charge in [-0.2, -0.15) is 0 Å². The molecule has 2 heterocycles. The van der Waals surface area contributed by atoms with Crippen LogP contribution in [0.25, 0.3) is 10.2 Å². The van der Waals surface area contributed by atoms with E-state index in [1.54, 1.807) is 11.3 Å². The zero-order chi connectivity index (χ0) is 10.7. The summed E-state index contributed by atoms with van der Waals surface area (Å²) in [6.07, 6.45) is 3.10. The maximum atomic E-state index is 4.46. The lowest BCUT2D eigenvalue weighted by molar-refractivity contribution is 0.536. The minimum absolute atomic E-state index is 0.439. The number of nitrogens with one attached hydrogen (secondary N) is 1. The third-order valence-corrected chi connectivity index (χ3v) is 3.44. The number of fused-ring (bicyclic) bond motifs is 1. The van der Waals surface area contributed by atoms with Gasteiger partial charge in [-0.3, -0.25) is 4.98 Å². The third kappa shape index (κ3) is 2.19. The first-order valence-electron chi connectivity index (χ1n) is 5.41. The lowest BCUT2D eigenvalue weighted by atomic mass is 10.1. The van der Waals surface area contributed by atoms with Crippen molar-refractivity contribution in [3.63, 3.8) is 0 Å². The van der Waals surface area contributed by atoms with Gasteiger partial charge in [0.05, 0.1) is 10.2 Å². The zero-order valence-corrected chi connectivity index (χ0v) is 9.97. The van der Waals surface area contributed by atoms with Crippen molar-refractivity contribution >= 4 is 21.6 Å². The molecule has 2 aromatic rings. The van der Waals surface area contributed by atoms with E-state index in [2.05, 4.69) is 41.7 Å². The Balaban J connectivity index is 2.33. The van der Waals surface area contributed by atoms with E-state index in [0.29, 0.717) is 6.04 Å². The monoisotopic (exact) mass is 220 g/mol. The highest BCUT2D eigenvalue weighted by molar-refractivity contribution is 7.17. The molecule has 0 saturated heterocycles. The average molecular weight is 220 g/mol. The third-order valence-electron chi connectivity index (χ3n) is 2.58. The fourth-order valence-corrected chi connectivity index (χ4v) is 2.59. The van der Waals surface area contributed by atoms with Crippen LogP contribution in [0, 0.1) is 0 Å². The average Bonchev–Trinajstić information content (AvgIpc) is 2.72. The molecule has 0 bridgehead atoms. The van der Waals surface area contributed by atoms with E-state index < -0.39 is 0 Å². The highest BCUT2D eigenvalue weighted by Gasteiger charge is 2.08. The van der Waals surface area contributed by atoms with E-state index >= 15 is 0 Å². The summed E-state index contributed by atoms with van der Waals surface area (Å²) in [5.74, 6) is 0. The molecular formula is C12H16N2S. The number of thiophene rings is 1. The predicted molar refractivity (Wildman–Crippen MR) is 66.3 cm³/mol. The van der Waals surface area contributed by atoms with Crippen molar-refractivity contribution < 1.29 is 0 Å². The summed E-state index contributed by atoms with van der Waals surface area (Å²) in [7, 11) is 0. The van der Waals surface area contributed by atoms with Gasteiger partial charge in [0.2, 0.25) is 0 Å². The normalized spacial score (nSPS) is 13.2. The van der Waals surface area contributed by atoms with Gasteiger partial charge in [-0.15, -0.1) is 11.3 Å². The van der Waals surface area contributed by atoms with Crippen molar-refractivity contribution in [3.05, 3.63) is 29.3 Å². The molecule has 80 valence electrons. The molecule has 3 heteroatoms. The zero-order valence-electron chi connectivity index (χ0n) is 9.16. The lowest BCUT2D eigenvalue weighted by Crippen LogP contribution is -2.20. The maximum Gasteiger partial charge on any atom is 0.0809 e. The summed E-state index contributed by atoms with van der Waals surface area (Å²) < 4.78 is 1.28. The van der Waals surface area contributed by atoms with Crippen molar-refractivity contribution in [2.45, 2.75) is 26.3 Å². The van der Waals surface area contributed by atoms with Crippen LogP contribution in [0.3, 0.4) is 0 Å². The molecule has 2 aromatic heterocycles. The standard InChI is InChI=1S/C12H16N2S/c1-3-10(13-4-2)9-7-12-11(14-8-9)5-6-15-12/h5-8,10,13H,3-4H2,1-2H3. The van der Waals surface area contributed by atoms with Crippen LogP contribution in [0.1, 0.15) is 31.9 Å². The van der Waals surface area contributed by atoms with E-state index in [0.717, 1.165) is 18.5 Å². The number of nitrogens with zero attached hydrogens (tertiary/aromatic N) is 1. The number of rotatable bonds is 4. The fourth-order valence-electron chi connectivity index (χ4n) is 1.80. The molecule has 0 fully saturated rings. The molecule has 1 unspecified atom stereocenters. The first-order valence-corrected chi connectivity index (χ1v) is 6.29. The van der Waals surface area contributed by atoms with Crippen LogP contribution in [0.2, 0.25) is 0 Å². The fraction of sp³-hybridized carbons (Fsp3) is 0.417. The van der Waals surface area contributed by atoms with Gasteiger partial charge >= 0.3 is 0 Å². The number of aromatic nitrogens is 1. The van der Waals surface area contributed by atoms with Gasteiger partial charge < -0.3 is 5.32 Å². The SMILES string of the molecule is CCNC(CC)c1cnc2ccsc2c1. The Morgan fingerprint density at radius 2 is 2.33 bits per heavy atom. The summed E-state index contributed by atoms with van der Waals surface area (Å²) in [5.41, 5.74) is 2.41. The molecule has 0 spiro atoms. The van der Waals surface area contributed by atoms with Gasteiger partial charge in [0.25, 0.3) is 0 Å². The Hall–Kier alpha value is -0.930. The molecule has 2 rings (SSSR count). The predicted octanol–water partition coefficient (Wildman–Crippen LogP) is 3.36. The Labute approximate surface area is 94.3 Å².